The van der Waals surface area contributed by atoms with Gasteiger partial charge in [-0.1, -0.05) is 25.1 Å². The quantitative estimate of drug-likeness (QED) is 0.323. The monoisotopic (exact) mass is 645 g/mol. The van der Waals surface area contributed by atoms with E-state index in [9.17, 15) is 24.9 Å². The van der Waals surface area contributed by atoms with Gasteiger partial charge in [0.15, 0.2) is 5.60 Å². The Morgan fingerprint density at radius 1 is 1.00 bits per heavy atom. The molecule has 1 aromatic rings. The number of hydrogen-bond acceptors (Lipinski definition) is 12. The largest absolute Gasteiger partial charge is 0.455 e. The Bertz CT molecular complexity index is 1360. The summed E-state index contributed by atoms with van der Waals surface area (Å²) in [6, 6.07) is 8.18. The molecule has 1 aromatic carbocycles. The minimum atomic E-state index is -1.83. The number of esters is 2. The van der Waals surface area contributed by atoms with Crippen LogP contribution in [-0.4, -0.2) is 134 Å². The van der Waals surface area contributed by atoms with Gasteiger partial charge in [-0.2, -0.15) is 0 Å². The highest BCUT2D eigenvalue weighted by Crippen LogP contribution is 2.80. The Balaban J connectivity index is 1.53. The van der Waals surface area contributed by atoms with Crippen LogP contribution < -0.4 is 0 Å². The number of ether oxygens (including phenoxy) is 6. The first kappa shape index (κ1) is 32.4. The predicted molar refractivity (Wildman–Crippen MR) is 160 cm³/mol. The van der Waals surface area contributed by atoms with Gasteiger partial charge in [-0.25, -0.2) is 4.79 Å². The van der Waals surface area contributed by atoms with Crippen molar-refractivity contribution in [2.45, 2.75) is 80.6 Å². The third-order valence-electron chi connectivity index (χ3n) is 13.2. The highest BCUT2D eigenvalue weighted by atomic mass is 16.6. The fourth-order valence-corrected chi connectivity index (χ4v) is 12.3. The number of likely N-dealkylation sites (tertiary alicyclic amines) is 1. The number of aliphatic hydroxyl groups excluding tert-OH is 2. The average Bonchev–Trinajstić information content (AvgIpc) is 3.41. The van der Waals surface area contributed by atoms with Crippen LogP contribution in [0.25, 0.3) is 0 Å². The minimum absolute atomic E-state index is 0.0791. The summed E-state index contributed by atoms with van der Waals surface area (Å²) in [6.07, 6.45) is -5.49. The van der Waals surface area contributed by atoms with Gasteiger partial charge in [-0.05, 0) is 31.0 Å². The normalized spacial score (nSPS) is 49.9. The first-order valence-corrected chi connectivity index (χ1v) is 16.3. The van der Waals surface area contributed by atoms with Gasteiger partial charge >= 0.3 is 11.9 Å². The topological polar surface area (TPSA) is 153 Å². The molecule has 254 valence electrons. The molecule has 7 bridgehead atoms. The maximum atomic E-state index is 13.8. The van der Waals surface area contributed by atoms with Crippen molar-refractivity contribution in [1.82, 2.24) is 4.90 Å². The van der Waals surface area contributed by atoms with Crippen LogP contribution in [-0.2, 0) is 33.2 Å². The van der Waals surface area contributed by atoms with Gasteiger partial charge < -0.3 is 43.7 Å². The van der Waals surface area contributed by atoms with E-state index >= 15 is 0 Å². The zero-order valence-corrected chi connectivity index (χ0v) is 27.3. The highest BCUT2D eigenvalue weighted by Gasteiger charge is 2.92. The van der Waals surface area contributed by atoms with E-state index in [1.165, 1.54) is 14.0 Å². The zero-order valence-electron chi connectivity index (χ0n) is 27.3. The zero-order chi connectivity index (χ0) is 33.0. The molecule has 1 aliphatic heterocycles. The number of rotatable bonds is 9. The smallest absolute Gasteiger partial charge is 0.338 e. The molecule has 5 saturated carbocycles. The Kier molecular flexibility index (Phi) is 7.69. The SMILES string of the molecule is CCN1C[C@]2(COC)[C@H](O)C[C@@H](OC)C34[C@@H]5C[C@@]6(O)[C@H](OC(=O)c7ccccc7)[C@@H]5[C@@](OC(C)=O)([C@@H]([C@H](OC)[C@@H]32)[C@H]14)[C@@H](O)[C@@H]6OC. The minimum Gasteiger partial charge on any atom is -0.455 e. The molecule has 6 aliphatic rings. The highest BCUT2D eigenvalue weighted by molar-refractivity contribution is 5.89. The maximum absolute atomic E-state index is 13.8. The Labute approximate surface area is 269 Å². The second-order valence-electron chi connectivity index (χ2n) is 14.4. The van der Waals surface area contributed by atoms with E-state index in [0.29, 0.717) is 25.1 Å². The number of carbonyl (C=O) groups excluding carboxylic acids is 2. The third kappa shape index (κ3) is 3.62. The van der Waals surface area contributed by atoms with Crippen molar-refractivity contribution in [3.63, 3.8) is 0 Å². The number of fused-ring (bicyclic) bond motifs is 2. The summed E-state index contributed by atoms with van der Waals surface area (Å²) >= 11 is 0. The van der Waals surface area contributed by atoms with Crippen LogP contribution in [0.15, 0.2) is 30.3 Å². The first-order valence-electron chi connectivity index (χ1n) is 16.3. The molecular formula is C34H47NO11. The maximum Gasteiger partial charge on any atom is 0.338 e. The van der Waals surface area contributed by atoms with E-state index in [4.69, 9.17) is 28.4 Å². The van der Waals surface area contributed by atoms with Crippen LogP contribution in [0.3, 0.4) is 0 Å². The van der Waals surface area contributed by atoms with Crippen molar-refractivity contribution in [1.29, 1.82) is 0 Å². The summed E-state index contributed by atoms with van der Waals surface area (Å²) in [5, 5.41) is 37.3. The lowest BCUT2D eigenvalue weighted by atomic mass is 9.42. The lowest BCUT2D eigenvalue weighted by molar-refractivity contribution is -0.322. The van der Waals surface area contributed by atoms with Crippen LogP contribution in [0.4, 0.5) is 0 Å². The van der Waals surface area contributed by atoms with Gasteiger partial charge in [-0.15, -0.1) is 0 Å². The number of carbonyl (C=O) groups is 2. The van der Waals surface area contributed by atoms with Crippen molar-refractivity contribution in [3.05, 3.63) is 35.9 Å². The van der Waals surface area contributed by atoms with Crippen LogP contribution in [0.5, 0.6) is 0 Å². The van der Waals surface area contributed by atoms with E-state index in [0.717, 1.165) is 0 Å². The molecule has 0 aromatic heterocycles. The fourth-order valence-electron chi connectivity index (χ4n) is 12.3. The van der Waals surface area contributed by atoms with Crippen LogP contribution >= 0.6 is 0 Å². The van der Waals surface area contributed by atoms with Crippen molar-refractivity contribution in [2.75, 3.05) is 48.1 Å². The molecule has 3 N–H and O–H groups in total. The molecule has 6 fully saturated rings. The number of piperidine rings is 1. The second kappa shape index (κ2) is 10.9. The van der Waals surface area contributed by atoms with Gasteiger partial charge in [-0.3, -0.25) is 9.69 Å². The third-order valence-corrected chi connectivity index (χ3v) is 13.2. The molecular weight excluding hydrogens is 598 g/mol. The molecule has 5 aliphatic carbocycles. The molecule has 0 radical (unpaired) electrons. The molecule has 46 heavy (non-hydrogen) atoms. The number of aliphatic hydroxyl groups is 3. The molecule has 0 amide bonds. The van der Waals surface area contributed by atoms with Gasteiger partial charge in [0.2, 0.25) is 0 Å². The van der Waals surface area contributed by atoms with Gasteiger partial charge in [0, 0.05) is 83.0 Å². The Morgan fingerprint density at radius 3 is 2.30 bits per heavy atom. The number of nitrogens with zero attached hydrogens (tertiary/aromatic N) is 1. The molecule has 1 unspecified atom stereocenters. The van der Waals surface area contributed by atoms with E-state index in [2.05, 4.69) is 4.90 Å². The van der Waals surface area contributed by atoms with E-state index in [1.807, 2.05) is 6.92 Å². The summed E-state index contributed by atoms with van der Waals surface area (Å²) in [4.78, 5) is 29.3. The number of hydrogen-bond donors (Lipinski definition) is 3. The van der Waals surface area contributed by atoms with E-state index in [-0.39, 0.29) is 25.0 Å². The van der Waals surface area contributed by atoms with E-state index in [1.54, 1.807) is 51.7 Å². The van der Waals surface area contributed by atoms with Crippen molar-refractivity contribution < 1.29 is 53.3 Å². The lowest BCUT2D eigenvalue weighted by Crippen LogP contribution is -2.81. The van der Waals surface area contributed by atoms with E-state index < -0.39 is 88.3 Å². The predicted octanol–water partition coefficient (Wildman–Crippen LogP) is 0.648. The first-order chi connectivity index (χ1) is 22.0. The molecule has 12 heteroatoms. The molecule has 7 rings (SSSR count). The molecule has 1 heterocycles. The molecule has 15 atom stereocenters. The second-order valence-corrected chi connectivity index (χ2v) is 14.4. The number of methoxy groups -OCH3 is 4. The average molecular weight is 646 g/mol. The lowest BCUT2D eigenvalue weighted by Gasteiger charge is -2.70. The van der Waals surface area contributed by atoms with Crippen LogP contribution in [0.2, 0.25) is 0 Å². The van der Waals surface area contributed by atoms with Crippen LogP contribution in [0.1, 0.15) is 37.0 Å². The summed E-state index contributed by atoms with van der Waals surface area (Å²) in [7, 11) is 6.27. The van der Waals surface area contributed by atoms with Crippen LogP contribution in [0, 0.1) is 34.5 Å². The van der Waals surface area contributed by atoms with Crippen molar-refractivity contribution in [3.8, 4) is 0 Å². The fraction of sp³-hybridized carbons (Fsp3) is 0.765. The van der Waals surface area contributed by atoms with Crippen molar-refractivity contribution >= 4 is 11.9 Å². The molecule has 1 spiro atoms. The Morgan fingerprint density at radius 2 is 1.72 bits per heavy atom. The summed E-state index contributed by atoms with van der Waals surface area (Å²) in [5.41, 5.74) is -4.79. The number of benzene rings is 1. The summed E-state index contributed by atoms with van der Waals surface area (Å²) < 4.78 is 37.4. The molecule has 1 saturated heterocycles. The summed E-state index contributed by atoms with van der Waals surface area (Å²) in [6.45, 7) is 4.68. The van der Waals surface area contributed by atoms with Gasteiger partial charge in [0.1, 0.15) is 23.9 Å². The van der Waals surface area contributed by atoms with Gasteiger partial charge in [0.25, 0.3) is 0 Å². The Hall–Kier alpha value is -2.16. The summed E-state index contributed by atoms with van der Waals surface area (Å²) in [5.74, 6) is -3.65. The molecule has 12 nitrogen and oxygen atoms in total. The van der Waals surface area contributed by atoms with Crippen molar-refractivity contribution in [2.24, 2.45) is 34.5 Å². The standard InChI is InChI=1S/C34H47NO11/c1-7-35-15-31(16-41-3)20(37)13-21(42-4)33-19-14-32(40)28(45-30(39)18-11-9-8-10-12-18)22(19)34(46-17(2)36,27(38)29(32)44-6)23(26(33)35)24(43-5)25(31)33/h8-12,19-29,37-38,40H,7,13-16H2,1-6H3/t19-,20-,21-,22-,23+,24+,25-,26+,27+,28-,29+,31+,32-,33?,34-/m1/s1. The van der Waals surface area contributed by atoms with Gasteiger partial charge in [0.05, 0.1) is 30.5 Å².